The number of nitrogens with zero attached hydrogens (tertiary/aromatic N) is 3. The number of pyridine rings is 1. The summed E-state index contributed by atoms with van der Waals surface area (Å²) in [5.74, 6) is 1.80. The maximum Gasteiger partial charge on any atom is 0.191 e. The summed E-state index contributed by atoms with van der Waals surface area (Å²) in [6.45, 7) is 9.93. The van der Waals surface area contributed by atoms with Crippen LogP contribution >= 0.6 is 24.0 Å². The molecule has 1 saturated carbocycles. The number of hydrogen-bond donors (Lipinski definition) is 2. The van der Waals surface area contributed by atoms with Crippen LogP contribution in [0.3, 0.4) is 0 Å². The number of likely N-dealkylation sites (tertiary alicyclic amines) is 1. The second kappa shape index (κ2) is 11.2. The van der Waals surface area contributed by atoms with Gasteiger partial charge in [-0.2, -0.15) is 0 Å². The van der Waals surface area contributed by atoms with E-state index in [4.69, 9.17) is 9.73 Å². The standard InChI is InChI=1S/C21H35N5O.HI/c1-5-22-21(24-13-19-16(3)20(27-4)15(2)12-23-19)25-17-10-11-26(14-17)18-8-6-7-9-18;/h12,17-18H,5-11,13-14H2,1-4H3,(H2,22,24,25);1H. The number of halogens is 1. The normalized spacial score (nSPS) is 20.9. The molecule has 1 unspecified atom stereocenters. The minimum atomic E-state index is 0. The molecule has 0 aromatic carbocycles. The Kier molecular flexibility index (Phi) is 9.27. The maximum absolute atomic E-state index is 5.51. The average Bonchev–Trinajstić information content (AvgIpc) is 3.33. The first-order chi connectivity index (χ1) is 13.1. The zero-order valence-corrected chi connectivity index (χ0v) is 20.1. The molecule has 0 bridgehead atoms. The lowest BCUT2D eigenvalue weighted by Crippen LogP contribution is -2.45. The molecule has 1 aliphatic carbocycles. The summed E-state index contributed by atoms with van der Waals surface area (Å²) in [6.07, 6.45) is 8.61. The van der Waals surface area contributed by atoms with E-state index in [9.17, 15) is 0 Å². The molecule has 28 heavy (non-hydrogen) atoms. The molecule has 0 spiro atoms. The first kappa shape index (κ1) is 23.2. The van der Waals surface area contributed by atoms with Crippen molar-refractivity contribution in [3.05, 3.63) is 23.0 Å². The van der Waals surface area contributed by atoms with Gasteiger partial charge in [-0.15, -0.1) is 24.0 Å². The highest BCUT2D eigenvalue weighted by atomic mass is 127. The van der Waals surface area contributed by atoms with E-state index in [1.54, 1.807) is 7.11 Å². The maximum atomic E-state index is 5.51. The first-order valence-electron chi connectivity index (χ1n) is 10.4. The van der Waals surface area contributed by atoms with Crippen molar-refractivity contribution >= 4 is 29.9 Å². The van der Waals surface area contributed by atoms with Crippen molar-refractivity contribution in [2.45, 2.75) is 71.5 Å². The van der Waals surface area contributed by atoms with Crippen LogP contribution in [0.25, 0.3) is 0 Å². The Hall–Kier alpha value is -1.09. The van der Waals surface area contributed by atoms with Gasteiger partial charge in [-0.25, -0.2) is 4.99 Å². The molecular formula is C21H36IN5O. The smallest absolute Gasteiger partial charge is 0.191 e. The molecule has 1 saturated heterocycles. The zero-order chi connectivity index (χ0) is 19.2. The SMILES string of the molecule is CCNC(=NCc1ncc(C)c(OC)c1C)NC1CCN(C2CCCC2)C1.I. The summed E-state index contributed by atoms with van der Waals surface area (Å²) in [5.41, 5.74) is 3.10. The molecule has 2 N–H and O–H groups in total. The summed E-state index contributed by atoms with van der Waals surface area (Å²) in [5, 5.41) is 7.02. The van der Waals surface area contributed by atoms with Gasteiger partial charge in [0.1, 0.15) is 5.75 Å². The third kappa shape index (κ3) is 5.72. The van der Waals surface area contributed by atoms with Gasteiger partial charge in [0.15, 0.2) is 5.96 Å². The van der Waals surface area contributed by atoms with E-state index in [1.165, 1.54) is 38.6 Å². The number of aromatic nitrogens is 1. The van der Waals surface area contributed by atoms with Gasteiger partial charge in [0, 0.05) is 49.0 Å². The van der Waals surface area contributed by atoms with Gasteiger partial charge in [0.05, 0.1) is 19.3 Å². The molecule has 1 aliphatic heterocycles. The summed E-state index contributed by atoms with van der Waals surface area (Å²) in [6, 6.07) is 1.29. The van der Waals surface area contributed by atoms with Crippen molar-refractivity contribution in [3.8, 4) is 5.75 Å². The quantitative estimate of drug-likeness (QED) is 0.356. The lowest BCUT2D eigenvalue weighted by atomic mass is 10.1. The predicted molar refractivity (Wildman–Crippen MR) is 126 cm³/mol. The fraction of sp³-hybridized carbons (Fsp3) is 0.714. The number of ether oxygens (including phenoxy) is 1. The Morgan fingerprint density at radius 3 is 2.71 bits per heavy atom. The van der Waals surface area contributed by atoms with Crippen molar-refractivity contribution < 1.29 is 4.74 Å². The largest absolute Gasteiger partial charge is 0.496 e. The van der Waals surface area contributed by atoms with Crippen LogP contribution in [0.1, 0.15) is 55.8 Å². The predicted octanol–water partition coefficient (Wildman–Crippen LogP) is 3.40. The van der Waals surface area contributed by atoms with Crippen LogP contribution in [-0.2, 0) is 6.54 Å². The van der Waals surface area contributed by atoms with Crippen LogP contribution in [0, 0.1) is 13.8 Å². The highest BCUT2D eigenvalue weighted by molar-refractivity contribution is 14.0. The molecular weight excluding hydrogens is 465 g/mol. The van der Waals surface area contributed by atoms with E-state index in [0.29, 0.717) is 12.6 Å². The minimum Gasteiger partial charge on any atom is -0.496 e. The number of aliphatic imine (C=N–C) groups is 1. The van der Waals surface area contributed by atoms with Gasteiger partial charge in [0.25, 0.3) is 0 Å². The number of nitrogens with one attached hydrogen (secondary N) is 2. The average molecular weight is 501 g/mol. The van der Waals surface area contributed by atoms with Gasteiger partial charge in [0.2, 0.25) is 0 Å². The highest BCUT2D eigenvalue weighted by Gasteiger charge is 2.30. The summed E-state index contributed by atoms with van der Waals surface area (Å²) in [4.78, 5) is 12.0. The molecule has 0 amide bonds. The van der Waals surface area contributed by atoms with E-state index < -0.39 is 0 Å². The van der Waals surface area contributed by atoms with Crippen LogP contribution in [0.4, 0.5) is 0 Å². The minimum absolute atomic E-state index is 0. The molecule has 2 fully saturated rings. The second-order valence-corrected chi connectivity index (χ2v) is 7.80. The number of aryl methyl sites for hydroxylation is 1. The van der Waals surface area contributed by atoms with Crippen molar-refractivity contribution in [3.63, 3.8) is 0 Å². The number of rotatable bonds is 6. The molecule has 1 aromatic rings. The van der Waals surface area contributed by atoms with Gasteiger partial charge in [-0.05, 0) is 40.0 Å². The third-order valence-electron chi connectivity index (χ3n) is 5.88. The van der Waals surface area contributed by atoms with Crippen molar-refractivity contribution in [2.24, 2.45) is 4.99 Å². The molecule has 3 rings (SSSR count). The first-order valence-corrected chi connectivity index (χ1v) is 10.4. The molecule has 7 heteroatoms. The van der Waals surface area contributed by atoms with Crippen LogP contribution in [0.15, 0.2) is 11.2 Å². The monoisotopic (exact) mass is 501 g/mol. The van der Waals surface area contributed by atoms with E-state index in [1.807, 2.05) is 13.1 Å². The van der Waals surface area contributed by atoms with Crippen molar-refractivity contribution in [2.75, 3.05) is 26.7 Å². The Morgan fingerprint density at radius 2 is 2.04 bits per heavy atom. The number of guanidine groups is 1. The third-order valence-corrected chi connectivity index (χ3v) is 5.88. The molecule has 1 aromatic heterocycles. The fourth-order valence-corrected chi connectivity index (χ4v) is 4.40. The van der Waals surface area contributed by atoms with Gasteiger partial charge in [-0.1, -0.05) is 12.8 Å². The van der Waals surface area contributed by atoms with Gasteiger partial charge in [-0.3, -0.25) is 9.88 Å². The fourth-order valence-electron chi connectivity index (χ4n) is 4.40. The van der Waals surface area contributed by atoms with Crippen LogP contribution < -0.4 is 15.4 Å². The topological polar surface area (TPSA) is 61.8 Å². The number of methoxy groups -OCH3 is 1. The summed E-state index contributed by atoms with van der Waals surface area (Å²) >= 11 is 0. The molecule has 2 aliphatic rings. The zero-order valence-electron chi connectivity index (χ0n) is 17.8. The van der Waals surface area contributed by atoms with E-state index in [0.717, 1.165) is 47.7 Å². The van der Waals surface area contributed by atoms with Crippen LogP contribution in [-0.4, -0.2) is 54.7 Å². The van der Waals surface area contributed by atoms with Crippen molar-refractivity contribution in [1.82, 2.24) is 20.5 Å². The second-order valence-electron chi connectivity index (χ2n) is 7.80. The van der Waals surface area contributed by atoms with E-state index in [2.05, 4.69) is 34.4 Å². The van der Waals surface area contributed by atoms with Gasteiger partial charge < -0.3 is 15.4 Å². The van der Waals surface area contributed by atoms with Crippen LogP contribution in [0.2, 0.25) is 0 Å². The Balaban J connectivity index is 0.00000280. The lowest BCUT2D eigenvalue weighted by Gasteiger charge is -2.24. The molecule has 6 nitrogen and oxygen atoms in total. The summed E-state index contributed by atoms with van der Waals surface area (Å²) < 4.78 is 5.51. The molecule has 0 radical (unpaired) electrons. The van der Waals surface area contributed by atoms with E-state index in [-0.39, 0.29) is 24.0 Å². The van der Waals surface area contributed by atoms with Crippen molar-refractivity contribution in [1.29, 1.82) is 0 Å². The summed E-state index contributed by atoms with van der Waals surface area (Å²) in [7, 11) is 1.71. The van der Waals surface area contributed by atoms with Gasteiger partial charge >= 0.3 is 0 Å². The van der Waals surface area contributed by atoms with E-state index >= 15 is 0 Å². The Labute approximate surface area is 186 Å². The molecule has 2 heterocycles. The highest BCUT2D eigenvalue weighted by Crippen LogP contribution is 2.27. The lowest BCUT2D eigenvalue weighted by molar-refractivity contribution is 0.242. The molecule has 158 valence electrons. The Morgan fingerprint density at radius 1 is 1.29 bits per heavy atom. The van der Waals surface area contributed by atoms with Crippen LogP contribution in [0.5, 0.6) is 5.75 Å². The number of hydrogen-bond acceptors (Lipinski definition) is 4. The Bertz CT molecular complexity index is 660. The molecule has 1 atom stereocenters.